The molecule has 0 spiro atoms. The van der Waals surface area contributed by atoms with E-state index in [1.807, 2.05) is 20.0 Å². The molecule has 154 valence electrons. The molecule has 0 atom stereocenters. The number of imidazole rings is 2. The summed E-state index contributed by atoms with van der Waals surface area (Å²) in [4.78, 5) is 24.8. The molecule has 3 aromatic heterocycles. The van der Waals surface area contributed by atoms with E-state index in [0.29, 0.717) is 6.61 Å². The van der Waals surface area contributed by atoms with Crippen LogP contribution in [0.5, 0.6) is 5.75 Å². The molecule has 0 amide bonds. The number of H-pyrrole nitrogens is 2. The molecule has 2 N–H and O–H groups in total. The van der Waals surface area contributed by atoms with E-state index in [0.717, 1.165) is 78.2 Å². The zero-order chi connectivity index (χ0) is 21.4. The second-order valence-electron chi connectivity index (χ2n) is 8.24. The monoisotopic (exact) mass is 418 g/mol. The SMILES string of the molecule is Cc1nc2c([nH]1)COc1cc(-c3ccc4c(c3)c3cncnc3c3[nH]c(C)nc43)ccc1-2. The lowest BCUT2D eigenvalue weighted by atomic mass is 9.96. The van der Waals surface area contributed by atoms with Crippen molar-refractivity contribution in [2.24, 2.45) is 0 Å². The largest absolute Gasteiger partial charge is 0.487 e. The summed E-state index contributed by atoms with van der Waals surface area (Å²) in [6, 6.07) is 12.8. The zero-order valence-corrected chi connectivity index (χ0v) is 17.5. The molecule has 7 heteroatoms. The van der Waals surface area contributed by atoms with Crippen molar-refractivity contribution in [3.05, 3.63) is 66.3 Å². The Balaban J connectivity index is 1.45. The van der Waals surface area contributed by atoms with Gasteiger partial charge >= 0.3 is 0 Å². The third-order valence-electron chi connectivity index (χ3n) is 6.18. The van der Waals surface area contributed by atoms with Crippen molar-refractivity contribution < 1.29 is 4.74 Å². The van der Waals surface area contributed by atoms with Crippen LogP contribution in [0.15, 0.2) is 48.9 Å². The van der Waals surface area contributed by atoms with Crippen LogP contribution in [0.3, 0.4) is 0 Å². The van der Waals surface area contributed by atoms with E-state index in [1.54, 1.807) is 6.33 Å². The minimum absolute atomic E-state index is 0.503. The van der Waals surface area contributed by atoms with Crippen molar-refractivity contribution in [1.82, 2.24) is 29.9 Å². The number of nitrogens with one attached hydrogen (secondary N) is 2. The quantitative estimate of drug-likeness (QED) is 0.357. The average Bonchev–Trinajstić information content (AvgIpc) is 3.40. The highest BCUT2D eigenvalue weighted by molar-refractivity contribution is 6.22. The number of aromatic nitrogens is 6. The van der Waals surface area contributed by atoms with Crippen molar-refractivity contribution in [3.8, 4) is 28.1 Å². The van der Waals surface area contributed by atoms with Gasteiger partial charge in [0.05, 0.1) is 27.9 Å². The minimum Gasteiger partial charge on any atom is -0.487 e. The summed E-state index contributed by atoms with van der Waals surface area (Å²) in [6.45, 7) is 4.43. The third-order valence-corrected chi connectivity index (χ3v) is 6.18. The molecule has 0 saturated carbocycles. The first-order chi connectivity index (χ1) is 15.7. The van der Waals surface area contributed by atoms with Gasteiger partial charge in [0, 0.05) is 22.5 Å². The van der Waals surface area contributed by atoms with Gasteiger partial charge in [0.1, 0.15) is 30.3 Å². The normalized spacial score (nSPS) is 12.8. The van der Waals surface area contributed by atoms with Crippen LogP contribution in [-0.4, -0.2) is 29.9 Å². The molecule has 0 radical (unpaired) electrons. The number of fused-ring (bicyclic) bond motifs is 9. The van der Waals surface area contributed by atoms with E-state index < -0.39 is 0 Å². The fraction of sp³-hybridized carbons (Fsp3) is 0.120. The second kappa shape index (κ2) is 6.13. The van der Waals surface area contributed by atoms with Crippen LogP contribution in [0.1, 0.15) is 17.3 Å². The molecule has 3 aromatic carbocycles. The second-order valence-corrected chi connectivity index (χ2v) is 8.24. The number of hydrogen-bond donors (Lipinski definition) is 2. The van der Waals surface area contributed by atoms with Gasteiger partial charge in [0.15, 0.2) is 0 Å². The molecule has 0 aliphatic carbocycles. The van der Waals surface area contributed by atoms with Gasteiger partial charge in [0.25, 0.3) is 0 Å². The van der Waals surface area contributed by atoms with Gasteiger partial charge in [0.2, 0.25) is 0 Å². The maximum atomic E-state index is 6.04. The fourth-order valence-corrected chi connectivity index (χ4v) is 4.77. The molecule has 0 fully saturated rings. The number of aromatic amines is 2. The molecule has 32 heavy (non-hydrogen) atoms. The Labute approximate surface area is 182 Å². The molecule has 4 heterocycles. The number of hydrogen-bond acceptors (Lipinski definition) is 5. The van der Waals surface area contributed by atoms with Crippen LogP contribution in [0, 0.1) is 13.8 Å². The van der Waals surface area contributed by atoms with Gasteiger partial charge in [-0.2, -0.15) is 0 Å². The number of rotatable bonds is 1. The molecule has 6 aromatic rings. The van der Waals surface area contributed by atoms with E-state index >= 15 is 0 Å². The van der Waals surface area contributed by atoms with E-state index in [4.69, 9.17) is 9.72 Å². The van der Waals surface area contributed by atoms with Crippen molar-refractivity contribution in [3.63, 3.8) is 0 Å². The molecule has 7 rings (SSSR count). The Morgan fingerprint density at radius 3 is 2.62 bits per heavy atom. The summed E-state index contributed by atoms with van der Waals surface area (Å²) in [7, 11) is 0. The third kappa shape index (κ3) is 2.36. The average molecular weight is 418 g/mol. The van der Waals surface area contributed by atoms with Crippen LogP contribution < -0.4 is 4.74 Å². The van der Waals surface area contributed by atoms with E-state index in [-0.39, 0.29) is 0 Å². The summed E-state index contributed by atoms with van der Waals surface area (Å²) in [5.41, 5.74) is 7.99. The Morgan fingerprint density at radius 1 is 0.844 bits per heavy atom. The van der Waals surface area contributed by atoms with Crippen LogP contribution in [0.4, 0.5) is 0 Å². The summed E-state index contributed by atoms with van der Waals surface area (Å²) in [6.07, 6.45) is 3.46. The number of ether oxygens (including phenoxy) is 1. The summed E-state index contributed by atoms with van der Waals surface area (Å²) >= 11 is 0. The summed E-state index contributed by atoms with van der Waals surface area (Å²) < 4.78 is 6.04. The molecule has 0 unspecified atom stereocenters. The number of aryl methyl sites for hydroxylation is 2. The first-order valence-electron chi connectivity index (χ1n) is 10.5. The maximum absolute atomic E-state index is 6.04. The first-order valence-corrected chi connectivity index (χ1v) is 10.5. The fourth-order valence-electron chi connectivity index (χ4n) is 4.77. The Morgan fingerprint density at radius 2 is 1.69 bits per heavy atom. The van der Waals surface area contributed by atoms with Gasteiger partial charge in [-0.05, 0) is 48.6 Å². The molecular formula is C25H18N6O. The molecular weight excluding hydrogens is 400 g/mol. The lowest BCUT2D eigenvalue weighted by molar-refractivity contribution is 0.298. The molecule has 7 nitrogen and oxygen atoms in total. The highest BCUT2D eigenvalue weighted by Crippen LogP contribution is 2.40. The number of benzene rings is 3. The Bertz CT molecular complexity index is 1710. The molecule has 0 bridgehead atoms. The van der Waals surface area contributed by atoms with Crippen molar-refractivity contribution in [1.29, 1.82) is 0 Å². The standard InChI is InChI=1S/C25H18N6O/c1-12-28-20-10-32-21-8-15(4-6-17(21)22(20)29-12)14-3-5-16-18(7-14)19-9-26-11-27-23(19)25-24(16)30-13(2)31-25/h3-9,11H,10H2,1-2H3,(H,28,29)(H,30,31). The van der Waals surface area contributed by atoms with Crippen molar-refractivity contribution in [2.45, 2.75) is 20.5 Å². The van der Waals surface area contributed by atoms with Crippen LogP contribution in [0.25, 0.3) is 55.1 Å². The zero-order valence-electron chi connectivity index (χ0n) is 17.5. The summed E-state index contributed by atoms with van der Waals surface area (Å²) in [5, 5.41) is 3.17. The summed E-state index contributed by atoms with van der Waals surface area (Å²) in [5.74, 6) is 2.63. The maximum Gasteiger partial charge on any atom is 0.130 e. The lowest BCUT2D eigenvalue weighted by Gasteiger charge is -2.18. The van der Waals surface area contributed by atoms with Crippen LogP contribution in [0.2, 0.25) is 0 Å². The molecule has 1 aliphatic rings. The predicted molar refractivity (Wildman–Crippen MR) is 124 cm³/mol. The van der Waals surface area contributed by atoms with Crippen molar-refractivity contribution in [2.75, 3.05) is 0 Å². The van der Waals surface area contributed by atoms with E-state index in [2.05, 4.69) is 61.3 Å². The Kier molecular flexibility index (Phi) is 3.34. The lowest BCUT2D eigenvalue weighted by Crippen LogP contribution is -2.05. The first kappa shape index (κ1) is 17.4. The highest BCUT2D eigenvalue weighted by atomic mass is 16.5. The highest BCUT2D eigenvalue weighted by Gasteiger charge is 2.21. The van der Waals surface area contributed by atoms with Crippen molar-refractivity contribution >= 4 is 32.7 Å². The van der Waals surface area contributed by atoms with Crippen LogP contribution in [-0.2, 0) is 6.61 Å². The number of nitrogens with zero attached hydrogens (tertiary/aromatic N) is 4. The van der Waals surface area contributed by atoms with Crippen LogP contribution >= 0.6 is 0 Å². The van der Waals surface area contributed by atoms with Gasteiger partial charge < -0.3 is 14.7 Å². The van der Waals surface area contributed by atoms with E-state index in [9.17, 15) is 0 Å². The van der Waals surface area contributed by atoms with Gasteiger partial charge in [-0.15, -0.1) is 0 Å². The topological polar surface area (TPSA) is 92.4 Å². The van der Waals surface area contributed by atoms with E-state index in [1.165, 1.54) is 0 Å². The predicted octanol–water partition coefficient (Wildman–Crippen LogP) is 5.23. The minimum atomic E-state index is 0.503. The van der Waals surface area contributed by atoms with Gasteiger partial charge in [-0.3, -0.25) is 0 Å². The molecule has 0 saturated heterocycles. The smallest absolute Gasteiger partial charge is 0.130 e. The Hall–Kier alpha value is -4.26. The van der Waals surface area contributed by atoms with Gasteiger partial charge in [-0.1, -0.05) is 18.2 Å². The molecule has 1 aliphatic heterocycles. The van der Waals surface area contributed by atoms with Gasteiger partial charge in [-0.25, -0.2) is 19.9 Å².